The van der Waals surface area contributed by atoms with E-state index in [0.717, 1.165) is 0 Å². The summed E-state index contributed by atoms with van der Waals surface area (Å²) in [5.41, 5.74) is 0.731. The number of aromatic carboxylic acids is 2. The fourth-order valence-electron chi connectivity index (χ4n) is 2.50. The Morgan fingerprint density at radius 3 is 2.05 bits per heavy atom. The maximum atomic E-state index is 11.6. The van der Waals surface area contributed by atoms with Crippen molar-refractivity contribution in [2.75, 3.05) is 0 Å². The van der Waals surface area contributed by atoms with Gasteiger partial charge in [0.2, 0.25) is 0 Å². The van der Waals surface area contributed by atoms with Crippen LogP contribution in [0.1, 0.15) is 20.8 Å². The molecule has 0 aliphatic rings. The van der Waals surface area contributed by atoms with Crippen LogP contribution in [0.5, 0.6) is 0 Å². The molecule has 0 unspecified atom stereocenters. The molecule has 5 nitrogen and oxygen atoms in total. The van der Waals surface area contributed by atoms with Gasteiger partial charge in [-0.3, -0.25) is 0 Å². The standard InChI is InChI=1S/C16H11NO4/c18-15(19)13-11-8-4-5-9-12(11)17(14(13)16(20)21)10-6-2-1-3-7-10/h1-9H,(H,18,19)(H,20,21). The highest BCUT2D eigenvalue weighted by Gasteiger charge is 2.27. The molecule has 104 valence electrons. The Morgan fingerprint density at radius 1 is 0.810 bits per heavy atom. The number of carboxylic acids is 2. The number of carboxylic acid groups (broad SMARTS) is 2. The summed E-state index contributed by atoms with van der Waals surface area (Å²) in [5, 5.41) is 19.3. The van der Waals surface area contributed by atoms with E-state index in [2.05, 4.69) is 0 Å². The minimum atomic E-state index is -1.27. The van der Waals surface area contributed by atoms with Crippen molar-refractivity contribution >= 4 is 22.8 Å². The lowest BCUT2D eigenvalue weighted by molar-refractivity contribution is 0.0647. The lowest BCUT2D eigenvalue weighted by atomic mass is 10.1. The van der Waals surface area contributed by atoms with E-state index in [0.29, 0.717) is 16.6 Å². The Kier molecular flexibility index (Phi) is 2.95. The molecular formula is C16H11NO4. The summed E-state index contributed by atoms with van der Waals surface area (Å²) in [7, 11) is 0. The number of para-hydroxylation sites is 2. The fraction of sp³-hybridized carbons (Fsp3) is 0. The van der Waals surface area contributed by atoms with Crippen LogP contribution in [0.15, 0.2) is 54.6 Å². The topological polar surface area (TPSA) is 79.5 Å². The third-order valence-corrected chi connectivity index (χ3v) is 3.31. The zero-order valence-electron chi connectivity index (χ0n) is 10.9. The zero-order chi connectivity index (χ0) is 15.0. The van der Waals surface area contributed by atoms with Gasteiger partial charge in [-0.1, -0.05) is 36.4 Å². The van der Waals surface area contributed by atoms with Crippen molar-refractivity contribution in [2.45, 2.75) is 0 Å². The number of benzene rings is 2. The molecular weight excluding hydrogens is 270 g/mol. The number of nitrogens with zero attached hydrogens (tertiary/aromatic N) is 1. The Morgan fingerprint density at radius 2 is 1.43 bits per heavy atom. The quantitative estimate of drug-likeness (QED) is 0.773. The van der Waals surface area contributed by atoms with E-state index in [1.54, 1.807) is 48.5 Å². The Bertz CT molecular complexity index is 849. The van der Waals surface area contributed by atoms with Gasteiger partial charge in [-0.05, 0) is 18.2 Å². The highest BCUT2D eigenvalue weighted by Crippen LogP contribution is 2.29. The van der Waals surface area contributed by atoms with Gasteiger partial charge in [0.25, 0.3) is 0 Å². The van der Waals surface area contributed by atoms with E-state index in [-0.39, 0.29) is 11.3 Å². The third kappa shape index (κ3) is 1.95. The summed E-state index contributed by atoms with van der Waals surface area (Å²) < 4.78 is 1.46. The molecule has 21 heavy (non-hydrogen) atoms. The number of hydrogen-bond acceptors (Lipinski definition) is 2. The lowest BCUT2D eigenvalue weighted by Crippen LogP contribution is -2.11. The van der Waals surface area contributed by atoms with Crippen LogP contribution in [0.3, 0.4) is 0 Å². The molecule has 0 bridgehead atoms. The van der Waals surface area contributed by atoms with Crippen LogP contribution in [0.4, 0.5) is 0 Å². The van der Waals surface area contributed by atoms with Crippen LogP contribution < -0.4 is 0 Å². The molecule has 0 fully saturated rings. The van der Waals surface area contributed by atoms with Crippen LogP contribution in [-0.2, 0) is 0 Å². The second kappa shape index (κ2) is 4.79. The molecule has 0 radical (unpaired) electrons. The molecule has 2 N–H and O–H groups in total. The van der Waals surface area contributed by atoms with Gasteiger partial charge in [0.1, 0.15) is 11.3 Å². The number of carbonyl (C=O) groups is 2. The molecule has 1 heterocycles. The molecule has 0 atom stereocenters. The van der Waals surface area contributed by atoms with Crippen molar-refractivity contribution in [1.82, 2.24) is 4.57 Å². The average molecular weight is 281 g/mol. The Labute approximate surface area is 119 Å². The molecule has 0 saturated carbocycles. The summed E-state index contributed by atoms with van der Waals surface area (Å²) >= 11 is 0. The van der Waals surface area contributed by atoms with Crippen molar-refractivity contribution in [3.63, 3.8) is 0 Å². The average Bonchev–Trinajstić information content (AvgIpc) is 2.83. The van der Waals surface area contributed by atoms with Gasteiger partial charge < -0.3 is 14.8 Å². The van der Waals surface area contributed by atoms with E-state index >= 15 is 0 Å². The third-order valence-electron chi connectivity index (χ3n) is 3.31. The van der Waals surface area contributed by atoms with Gasteiger partial charge in [-0.25, -0.2) is 9.59 Å². The molecule has 2 aromatic carbocycles. The van der Waals surface area contributed by atoms with Gasteiger partial charge in [-0.15, -0.1) is 0 Å². The van der Waals surface area contributed by atoms with Gasteiger partial charge in [0, 0.05) is 11.1 Å². The number of aromatic nitrogens is 1. The predicted molar refractivity (Wildman–Crippen MR) is 77.2 cm³/mol. The molecule has 5 heteroatoms. The summed E-state index contributed by atoms with van der Waals surface area (Å²) in [6.07, 6.45) is 0. The summed E-state index contributed by atoms with van der Waals surface area (Å²) in [4.78, 5) is 23.1. The van der Waals surface area contributed by atoms with Crippen molar-refractivity contribution in [1.29, 1.82) is 0 Å². The first kappa shape index (κ1) is 12.9. The minimum absolute atomic E-state index is 0.193. The van der Waals surface area contributed by atoms with Crippen molar-refractivity contribution in [3.05, 3.63) is 65.9 Å². The summed E-state index contributed by atoms with van der Waals surface area (Å²) in [6.45, 7) is 0. The first-order valence-corrected chi connectivity index (χ1v) is 6.26. The van der Waals surface area contributed by atoms with Gasteiger partial charge in [0.05, 0.1) is 5.52 Å². The second-order valence-electron chi connectivity index (χ2n) is 4.52. The smallest absolute Gasteiger partial charge is 0.353 e. The first-order valence-electron chi connectivity index (χ1n) is 6.26. The van der Waals surface area contributed by atoms with Crippen LogP contribution in [-0.4, -0.2) is 26.7 Å². The molecule has 1 aromatic heterocycles. The van der Waals surface area contributed by atoms with Gasteiger partial charge >= 0.3 is 11.9 Å². The lowest BCUT2D eigenvalue weighted by Gasteiger charge is -2.08. The Balaban J connectivity index is 2.51. The number of fused-ring (bicyclic) bond motifs is 1. The predicted octanol–water partition coefficient (Wildman–Crippen LogP) is 3.03. The van der Waals surface area contributed by atoms with E-state index in [4.69, 9.17) is 0 Å². The van der Waals surface area contributed by atoms with Crippen LogP contribution in [0.2, 0.25) is 0 Å². The van der Waals surface area contributed by atoms with Crippen LogP contribution >= 0.6 is 0 Å². The first-order chi connectivity index (χ1) is 10.1. The highest BCUT2D eigenvalue weighted by atomic mass is 16.4. The number of hydrogen-bond donors (Lipinski definition) is 2. The fourth-order valence-corrected chi connectivity index (χ4v) is 2.50. The second-order valence-corrected chi connectivity index (χ2v) is 4.52. The Hall–Kier alpha value is -3.08. The molecule has 3 rings (SSSR count). The maximum absolute atomic E-state index is 11.6. The summed E-state index contributed by atoms with van der Waals surface area (Å²) in [6, 6.07) is 15.6. The number of rotatable bonds is 3. The summed E-state index contributed by atoms with van der Waals surface area (Å²) in [5.74, 6) is -2.52. The molecule has 0 aliphatic heterocycles. The molecule has 0 saturated heterocycles. The van der Waals surface area contributed by atoms with E-state index < -0.39 is 11.9 Å². The normalized spacial score (nSPS) is 10.7. The molecule has 0 aliphatic carbocycles. The molecule has 0 amide bonds. The van der Waals surface area contributed by atoms with Crippen molar-refractivity contribution in [3.8, 4) is 5.69 Å². The minimum Gasteiger partial charge on any atom is -0.478 e. The SMILES string of the molecule is O=C(O)c1c(C(=O)O)n(-c2ccccc2)c2ccccc12. The molecule has 0 spiro atoms. The van der Waals surface area contributed by atoms with Crippen LogP contribution in [0.25, 0.3) is 16.6 Å². The molecule has 3 aromatic rings. The van der Waals surface area contributed by atoms with Crippen LogP contribution in [0, 0.1) is 0 Å². The van der Waals surface area contributed by atoms with Crippen molar-refractivity contribution < 1.29 is 19.8 Å². The monoisotopic (exact) mass is 281 g/mol. The van der Waals surface area contributed by atoms with E-state index in [1.807, 2.05) is 6.07 Å². The maximum Gasteiger partial charge on any atom is 0.353 e. The largest absolute Gasteiger partial charge is 0.478 e. The van der Waals surface area contributed by atoms with E-state index in [9.17, 15) is 19.8 Å². The van der Waals surface area contributed by atoms with Gasteiger partial charge in [0.15, 0.2) is 0 Å². The van der Waals surface area contributed by atoms with Crippen molar-refractivity contribution in [2.24, 2.45) is 0 Å². The highest BCUT2D eigenvalue weighted by molar-refractivity contribution is 6.12. The zero-order valence-corrected chi connectivity index (χ0v) is 10.9. The van der Waals surface area contributed by atoms with E-state index in [1.165, 1.54) is 4.57 Å². The van der Waals surface area contributed by atoms with Gasteiger partial charge in [-0.2, -0.15) is 0 Å².